The number of amides is 1. The molecule has 3 aliphatic rings. The van der Waals surface area contributed by atoms with E-state index in [1.807, 2.05) is 18.2 Å². The second-order valence-electron chi connectivity index (χ2n) is 9.18. The average Bonchev–Trinajstić information content (AvgIpc) is 3.69. The molecule has 1 aromatic heterocycles. The van der Waals surface area contributed by atoms with E-state index in [1.54, 1.807) is 18.2 Å². The third kappa shape index (κ3) is 5.60. The number of ether oxygens (including phenoxy) is 2. The third-order valence-electron chi connectivity index (χ3n) is 6.11. The zero-order valence-corrected chi connectivity index (χ0v) is 19.9. The van der Waals surface area contributed by atoms with E-state index in [2.05, 4.69) is 27.5 Å². The molecule has 186 valence electrons. The lowest BCUT2D eigenvalue weighted by atomic mass is 10.1. The van der Waals surface area contributed by atoms with Crippen LogP contribution in [0.25, 0.3) is 11.3 Å². The van der Waals surface area contributed by atoms with Crippen molar-refractivity contribution in [2.24, 2.45) is 5.92 Å². The molecule has 1 atom stereocenters. The van der Waals surface area contributed by atoms with E-state index >= 15 is 0 Å². The van der Waals surface area contributed by atoms with Crippen molar-refractivity contribution in [2.75, 3.05) is 18.5 Å². The molecule has 3 aromatic rings. The molecule has 0 saturated heterocycles. The molecule has 1 fully saturated rings. The normalized spacial score (nSPS) is 18.2. The van der Waals surface area contributed by atoms with E-state index < -0.39 is 4.92 Å². The van der Waals surface area contributed by atoms with E-state index in [-0.39, 0.29) is 35.1 Å². The summed E-state index contributed by atoms with van der Waals surface area (Å²) in [7, 11) is 0. The van der Waals surface area contributed by atoms with Gasteiger partial charge in [-0.25, -0.2) is 9.97 Å². The number of nitrogens with one attached hydrogen (secondary N) is 2. The topological polar surface area (TPSA) is 129 Å². The van der Waals surface area contributed by atoms with E-state index in [9.17, 15) is 14.9 Å². The van der Waals surface area contributed by atoms with Crippen LogP contribution in [0, 0.1) is 16.0 Å². The molecule has 36 heavy (non-hydrogen) atoms. The van der Waals surface area contributed by atoms with Crippen LogP contribution in [0.2, 0.25) is 0 Å². The van der Waals surface area contributed by atoms with Gasteiger partial charge in [0.2, 0.25) is 5.95 Å². The van der Waals surface area contributed by atoms with Crippen molar-refractivity contribution in [3.63, 3.8) is 0 Å². The number of carbonyl (C=O) groups is 1. The Labute approximate surface area is 208 Å². The van der Waals surface area contributed by atoms with Gasteiger partial charge in [-0.15, -0.1) is 0 Å². The molecular formula is C26H27N5O5. The summed E-state index contributed by atoms with van der Waals surface area (Å²) in [6.45, 7) is 3.38. The Bertz CT molecular complexity index is 1290. The van der Waals surface area contributed by atoms with Crippen molar-refractivity contribution in [3.8, 4) is 17.0 Å². The first-order valence-electron chi connectivity index (χ1n) is 12.0. The van der Waals surface area contributed by atoms with Crippen LogP contribution in [-0.2, 0) is 11.3 Å². The Morgan fingerprint density at radius 1 is 1.14 bits per heavy atom. The standard InChI is InChI=1S/C26H27N5O5/c1-16-8-10-27-25(32)17-2-6-21(23(13-17)31(33)34)22-9-11-28-26(30-22)29-19-3-7-24(36-20-4-5-20)18(12-19)15-35-14-16/h2-3,6-7,9,11-13,16,20H,4-5,8,10,14-15H2,1H3,(H,27,32)(H,28,29,30). The second-order valence-corrected chi connectivity index (χ2v) is 9.18. The molecule has 0 radical (unpaired) electrons. The van der Waals surface area contributed by atoms with Crippen LogP contribution in [0.4, 0.5) is 17.3 Å². The maximum absolute atomic E-state index is 12.6. The molecule has 2 N–H and O–H groups in total. The molecule has 1 amide bonds. The van der Waals surface area contributed by atoms with Crippen LogP contribution in [0.5, 0.6) is 5.75 Å². The summed E-state index contributed by atoms with van der Waals surface area (Å²) in [4.78, 5) is 32.7. The smallest absolute Gasteiger partial charge is 0.279 e. The molecule has 2 aliphatic heterocycles. The van der Waals surface area contributed by atoms with Crippen LogP contribution >= 0.6 is 0 Å². The fourth-order valence-corrected chi connectivity index (χ4v) is 3.98. The summed E-state index contributed by atoms with van der Waals surface area (Å²) < 4.78 is 12.1. The van der Waals surface area contributed by atoms with E-state index in [1.165, 1.54) is 12.3 Å². The minimum Gasteiger partial charge on any atom is -0.490 e. The van der Waals surface area contributed by atoms with Crippen molar-refractivity contribution in [1.29, 1.82) is 0 Å². The van der Waals surface area contributed by atoms with Crippen molar-refractivity contribution >= 4 is 23.2 Å². The van der Waals surface area contributed by atoms with Crippen LogP contribution in [0.15, 0.2) is 48.7 Å². The zero-order chi connectivity index (χ0) is 25.1. The molecule has 6 rings (SSSR count). The van der Waals surface area contributed by atoms with Gasteiger partial charge in [0.1, 0.15) is 5.75 Å². The van der Waals surface area contributed by atoms with Crippen LogP contribution in [-0.4, -0.2) is 40.1 Å². The highest BCUT2D eigenvalue weighted by atomic mass is 16.6. The number of aromatic nitrogens is 2. The average molecular weight is 490 g/mol. The highest BCUT2D eigenvalue weighted by Gasteiger charge is 2.25. The molecule has 3 heterocycles. The molecular weight excluding hydrogens is 462 g/mol. The summed E-state index contributed by atoms with van der Waals surface area (Å²) >= 11 is 0. The van der Waals surface area contributed by atoms with Gasteiger partial charge in [-0.2, -0.15) is 0 Å². The summed E-state index contributed by atoms with van der Waals surface area (Å²) in [6, 6.07) is 11.7. The van der Waals surface area contributed by atoms with Gasteiger partial charge in [0.25, 0.3) is 11.6 Å². The summed E-state index contributed by atoms with van der Waals surface area (Å²) in [5.74, 6) is 0.920. The number of nitrogens with zero attached hydrogens (tertiary/aromatic N) is 3. The second kappa shape index (κ2) is 10.3. The number of carbonyl (C=O) groups excluding carboxylic acids is 1. The SMILES string of the molecule is CC1CCNC(=O)c2ccc(c([N+](=O)[O-])c2)-c2ccnc(n2)Nc2ccc(OC3CC3)c(c2)COC1. The number of nitro groups is 1. The van der Waals surface area contributed by atoms with Crippen LogP contribution in [0.1, 0.15) is 42.1 Å². The quantitative estimate of drug-likeness (QED) is 0.403. The molecule has 1 saturated carbocycles. The highest BCUT2D eigenvalue weighted by Crippen LogP contribution is 2.33. The number of hydrogen-bond acceptors (Lipinski definition) is 8. The zero-order valence-electron chi connectivity index (χ0n) is 19.9. The first-order chi connectivity index (χ1) is 17.5. The lowest BCUT2D eigenvalue weighted by molar-refractivity contribution is -0.384. The number of hydrogen-bond donors (Lipinski definition) is 2. The maximum atomic E-state index is 12.6. The van der Waals surface area contributed by atoms with E-state index in [4.69, 9.17) is 9.47 Å². The summed E-state index contributed by atoms with van der Waals surface area (Å²) in [5, 5.41) is 17.9. The molecule has 0 spiro atoms. The van der Waals surface area contributed by atoms with Gasteiger partial charge in [0, 0.05) is 42.2 Å². The molecule has 10 heteroatoms. The van der Waals surface area contributed by atoms with Crippen molar-refractivity contribution in [3.05, 3.63) is 69.9 Å². The Balaban J connectivity index is 1.51. The summed E-state index contributed by atoms with van der Waals surface area (Å²) in [6.07, 6.45) is 4.60. The van der Waals surface area contributed by atoms with Crippen molar-refractivity contribution < 1.29 is 19.2 Å². The largest absolute Gasteiger partial charge is 0.490 e. The minimum absolute atomic E-state index is 0.198. The fraction of sp³-hybridized carbons (Fsp3) is 0.346. The van der Waals surface area contributed by atoms with Gasteiger partial charge in [0.15, 0.2) is 0 Å². The highest BCUT2D eigenvalue weighted by molar-refractivity contribution is 5.96. The van der Waals surface area contributed by atoms with Gasteiger partial charge < -0.3 is 20.1 Å². The number of anilines is 2. The Morgan fingerprint density at radius 3 is 2.81 bits per heavy atom. The van der Waals surface area contributed by atoms with Gasteiger partial charge in [-0.1, -0.05) is 6.92 Å². The van der Waals surface area contributed by atoms with Gasteiger partial charge in [0.05, 0.1) is 28.9 Å². The predicted molar refractivity (Wildman–Crippen MR) is 133 cm³/mol. The maximum Gasteiger partial charge on any atom is 0.279 e. The number of nitro benzene ring substituents is 1. The molecule has 1 unspecified atom stereocenters. The van der Waals surface area contributed by atoms with Gasteiger partial charge in [-0.3, -0.25) is 14.9 Å². The van der Waals surface area contributed by atoms with E-state index in [0.717, 1.165) is 29.8 Å². The van der Waals surface area contributed by atoms with Crippen molar-refractivity contribution in [2.45, 2.75) is 38.9 Å². The Morgan fingerprint density at radius 2 is 2.00 bits per heavy atom. The van der Waals surface area contributed by atoms with Gasteiger partial charge >= 0.3 is 0 Å². The third-order valence-corrected chi connectivity index (χ3v) is 6.11. The number of benzene rings is 2. The summed E-state index contributed by atoms with van der Waals surface area (Å²) in [5.41, 5.74) is 2.35. The fourth-order valence-electron chi connectivity index (χ4n) is 3.98. The first-order valence-corrected chi connectivity index (χ1v) is 12.0. The Hall–Kier alpha value is -4.05. The van der Waals surface area contributed by atoms with Gasteiger partial charge in [-0.05, 0) is 61.6 Å². The van der Waals surface area contributed by atoms with Crippen LogP contribution in [0.3, 0.4) is 0 Å². The van der Waals surface area contributed by atoms with E-state index in [0.29, 0.717) is 37.4 Å². The van der Waals surface area contributed by atoms with Crippen molar-refractivity contribution in [1.82, 2.24) is 15.3 Å². The monoisotopic (exact) mass is 489 g/mol. The lowest BCUT2D eigenvalue weighted by Gasteiger charge is -2.16. The Kier molecular flexibility index (Phi) is 6.77. The molecule has 6 bridgehead atoms. The first kappa shape index (κ1) is 23.7. The van der Waals surface area contributed by atoms with Crippen LogP contribution < -0.4 is 15.4 Å². The molecule has 10 nitrogen and oxygen atoms in total. The minimum atomic E-state index is -0.506. The molecule has 2 aromatic carbocycles. The number of rotatable bonds is 3. The molecule has 1 aliphatic carbocycles. The number of fused-ring (bicyclic) bond motifs is 9. The predicted octanol–water partition coefficient (Wildman–Crippen LogP) is 4.62. The lowest BCUT2D eigenvalue weighted by Crippen LogP contribution is -2.26.